The Balaban J connectivity index is 2.42. The first-order valence-corrected chi connectivity index (χ1v) is 8.79. The van der Waals surface area contributed by atoms with E-state index in [1.807, 2.05) is 0 Å². The molecule has 2 rings (SSSR count). The van der Waals surface area contributed by atoms with E-state index in [1.54, 1.807) is 20.8 Å². The van der Waals surface area contributed by atoms with Gasteiger partial charge in [-0.3, -0.25) is 0 Å². The summed E-state index contributed by atoms with van der Waals surface area (Å²) in [4.78, 5) is 23.7. The highest BCUT2D eigenvalue weighted by molar-refractivity contribution is 9.10. The van der Waals surface area contributed by atoms with Crippen molar-refractivity contribution in [3.8, 4) is 5.69 Å². The molecule has 0 radical (unpaired) electrons. The smallest absolute Gasteiger partial charge is 0.405 e. The minimum Gasteiger partial charge on any atom is -0.441 e. The lowest BCUT2D eigenvalue weighted by Crippen LogP contribution is -2.37. The maximum atomic E-state index is 14.1. The van der Waals surface area contributed by atoms with Crippen LogP contribution in [-0.4, -0.2) is 26.5 Å². The molecule has 0 saturated carbocycles. The molecule has 0 spiro atoms. The van der Waals surface area contributed by atoms with Crippen molar-refractivity contribution in [3.05, 3.63) is 57.0 Å². The third-order valence-electron chi connectivity index (χ3n) is 3.81. The Bertz CT molecular complexity index is 979. The lowest BCUT2D eigenvalue weighted by molar-refractivity contribution is 0.0566. The number of rotatable bonds is 5. The van der Waals surface area contributed by atoms with E-state index in [0.717, 1.165) is 27.7 Å². The number of primary amides is 1. The summed E-state index contributed by atoms with van der Waals surface area (Å²) in [5, 5.41) is 3.80. The number of benzene rings is 1. The number of hydrogen-bond acceptors (Lipinski definition) is 4. The zero-order valence-electron chi connectivity index (χ0n) is 15.2. The zero-order valence-corrected chi connectivity index (χ0v) is 16.8. The van der Waals surface area contributed by atoms with Crippen molar-refractivity contribution in [2.45, 2.75) is 33.4 Å². The molecule has 7 nitrogen and oxygen atoms in total. The van der Waals surface area contributed by atoms with E-state index in [0.29, 0.717) is 0 Å². The van der Waals surface area contributed by atoms with E-state index in [1.165, 1.54) is 0 Å². The largest absolute Gasteiger partial charge is 0.441 e. The van der Waals surface area contributed by atoms with Crippen molar-refractivity contribution in [1.29, 1.82) is 0 Å². The first kappa shape index (κ1) is 21.7. The summed E-state index contributed by atoms with van der Waals surface area (Å²) >= 11 is 2.85. The van der Waals surface area contributed by atoms with Crippen LogP contribution in [0.3, 0.4) is 0 Å². The van der Waals surface area contributed by atoms with Gasteiger partial charge in [0.15, 0.2) is 0 Å². The second-order valence-electron chi connectivity index (χ2n) is 7.03. The summed E-state index contributed by atoms with van der Waals surface area (Å²) in [6.45, 7) is 4.67. The average Bonchev–Trinajstić information content (AvgIpc) is 2.93. The van der Waals surface area contributed by atoms with E-state index in [2.05, 4.69) is 21.0 Å². The number of aromatic nitrogens is 3. The summed E-state index contributed by atoms with van der Waals surface area (Å²) < 4.78 is 47.9. The first-order valence-electron chi connectivity index (χ1n) is 8.00. The number of ether oxygens (including phenoxy) is 1. The molecule has 1 aromatic heterocycles. The third-order valence-corrected chi connectivity index (χ3v) is 4.42. The molecule has 0 aliphatic heterocycles. The van der Waals surface area contributed by atoms with Gasteiger partial charge in [-0.15, -0.1) is 0 Å². The fourth-order valence-corrected chi connectivity index (χ4v) is 2.90. The summed E-state index contributed by atoms with van der Waals surface area (Å²) in [5.74, 6) is -1.64. The molecule has 1 atom stereocenters. The Labute approximate surface area is 166 Å². The van der Waals surface area contributed by atoms with E-state index in [9.17, 15) is 22.8 Å². The van der Waals surface area contributed by atoms with E-state index in [-0.39, 0.29) is 22.1 Å². The highest BCUT2D eigenvalue weighted by atomic mass is 79.9. The molecule has 2 N–H and O–H groups in total. The third kappa shape index (κ3) is 4.64. The van der Waals surface area contributed by atoms with Crippen molar-refractivity contribution < 1.29 is 22.7 Å². The minimum absolute atomic E-state index is 0.0823. The van der Waals surface area contributed by atoms with Gasteiger partial charge < -0.3 is 10.5 Å². The maximum Gasteiger partial charge on any atom is 0.405 e. The fraction of sp³-hybridized carbons (Fsp3) is 0.353. The zero-order chi connectivity index (χ0) is 21.2. The van der Waals surface area contributed by atoms with Gasteiger partial charge in [0.25, 0.3) is 0 Å². The monoisotopic (exact) mass is 462 g/mol. The van der Waals surface area contributed by atoms with Gasteiger partial charge in [0.05, 0.1) is 23.0 Å². The summed E-state index contributed by atoms with van der Waals surface area (Å²) in [7, 11) is 0. The molecule has 2 aromatic rings. The van der Waals surface area contributed by atoms with Gasteiger partial charge in [0, 0.05) is 17.1 Å². The Kier molecular flexibility index (Phi) is 6.37. The predicted octanol–water partition coefficient (Wildman–Crippen LogP) is 3.44. The molecule has 1 heterocycles. The lowest BCUT2D eigenvalue weighted by atomic mass is 9.84. The fourth-order valence-electron chi connectivity index (χ4n) is 2.58. The van der Waals surface area contributed by atoms with Gasteiger partial charge >= 0.3 is 11.8 Å². The van der Waals surface area contributed by atoms with Crippen LogP contribution in [0.15, 0.2) is 39.6 Å². The Hall–Kier alpha value is -2.56. The van der Waals surface area contributed by atoms with Gasteiger partial charge in [-0.2, -0.15) is 5.10 Å². The molecule has 1 amide bonds. The Morgan fingerprint density at radius 3 is 2.54 bits per heavy atom. The standard InChI is InChI=1S/C17H18BrF3N4O3/c1-17(2,3)14(28-15(22)26)9(6-19)7-25-16(27)24(8-23-25)13-5-11(20)10(18)4-12(13)21/h4-6,8,14H,7H2,1-3H3,(H2,22,26). The second-order valence-corrected chi connectivity index (χ2v) is 7.88. The molecule has 0 aliphatic carbocycles. The molecule has 11 heteroatoms. The first-order chi connectivity index (χ1) is 13.0. The Morgan fingerprint density at radius 1 is 1.36 bits per heavy atom. The van der Waals surface area contributed by atoms with Crippen molar-refractivity contribution >= 4 is 22.0 Å². The highest BCUT2D eigenvalue weighted by Gasteiger charge is 2.32. The van der Waals surface area contributed by atoms with E-state index >= 15 is 0 Å². The van der Waals surface area contributed by atoms with Crippen LogP contribution in [0.1, 0.15) is 20.8 Å². The molecule has 0 saturated heterocycles. The van der Waals surface area contributed by atoms with Gasteiger partial charge in [-0.25, -0.2) is 32.0 Å². The van der Waals surface area contributed by atoms with Gasteiger partial charge in [0.2, 0.25) is 0 Å². The molecule has 1 unspecified atom stereocenters. The number of carbonyl (C=O) groups is 1. The van der Waals surface area contributed by atoms with Crippen molar-refractivity contribution in [2.24, 2.45) is 11.1 Å². The maximum absolute atomic E-state index is 14.1. The van der Waals surface area contributed by atoms with Crippen molar-refractivity contribution in [1.82, 2.24) is 14.3 Å². The molecular formula is C17H18BrF3N4O3. The average molecular weight is 463 g/mol. The lowest BCUT2D eigenvalue weighted by Gasteiger charge is -2.31. The van der Waals surface area contributed by atoms with Crippen LogP contribution in [-0.2, 0) is 11.3 Å². The van der Waals surface area contributed by atoms with E-state index in [4.69, 9.17) is 10.5 Å². The van der Waals surface area contributed by atoms with Crippen LogP contribution in [0.2, 0.25) is 0 Å². The van der Waals surface area contributed by atoms with Crippen molar-refractivity contribution in [3.63, 3.8) is 0 Å². The van der Waals surface area contributed by atoms with Crippen LogP contribution in [0.25, 0.3) is 5.69 Å². The van der Waals surface area contributed by atoms with Crippen molar-refractivity contribution in [2.75, 3.05) is 0 Å². The molecule has 28 heavy (non-hydrogen) atoms. The SMILES string of the molecule is CC(C)(C)C(OC(N)=O)C(=CF)Cn1ncn(-c2cc(F)c(Br)cc2F)c1=O. The topological polar surface area (TPSA) is 92.1 Å². The number of nitrogens with zero attached hydrogens (tertiary/aromatic N) is 3. The predicted molar refractivity (Wildman–Crippen MR) is 98.5 cm³/mol. The number of halogens is 4. The minimum atomic E-state index is -1.11. The Morgan fingerprint density at radius 2 is 2.00 bits per heavy atom. The molecule has 1 aromatic carbocycles. The number of nitrogens with two attached hydrogens (primary N) is 1. The van der Waals surface area contributed by atoms with Crippen LogP contribution < -0.4 is 11.4 Å². The van der Waals surface area contributed by atoms with Gasteiger partial charge in [-0.05, 0) is 22.0 Å². The number of carbonyl (C=O) groups excluding carboxylic acids is 1. The number of hydrogen-bond donors (Lipinski definition) is 1. The highest BCUT2D eigenvalue weighted by Crippen LogP contribution is 2.29. The molecule has 0 fully saturated rings. The van der Waals surface area contributed by atoms with Crippen LogP contribution >= 0.6 is 15.9 Å². The molecule has 152 valence electrons. The summed E-state index contributed by atoms with van der Waals surface area (Å²) in [6.07, 6.45) is -1.01. The van der Waals surface area contributed by atoms with Gasteiger partial charge in [0.1, 0.15) is 24.1 Å². The molecule has 0 bridgehead atoms. The summed E-state index contributed by atoms with van der Waals surface area (Å²) in [6, 6.07) is 1.70. The van der Waals surface area contributed by atoms with E-state index < -0.39 is 41.5 Å². The normalized spacial score (nSPS) is 13.5. The van der Waals surface area contributed by atoms with Crippen LogP contribution in [0.5, 0.6) is 0 Å². The second kappa shape index (κ2) is 8.21. The molecular weight excluding hydrogens is 445 g/mol. The number of amides is 1. The quantitative estimate of drug-likeness (QED) is 0.688. The van der Waals surface area contributed by atoms with Crippen LogP contribution in [0.4, 0.5) is 18.0 Å². The summed E-state index contributed by atoms with van der Waals surface area (Å²) in [5.41, 5.74) is 3.03. The van der Waals surface area contributed by atoms with Gasteiger partial charge in [-0.1, -0.05) is 20.8 Å². The van der Waals surface area contributed by atoms with Crippen LogP contribution in [0, 0.1) is 17.0 Å². The molecule has 0 aliphatic rings.